The minimum atomic E-state index is -0.974. The van der Waals surface area contributed by atoms with Crippen molar-refractivity contribution in [3.05, 3.63) is 32.0 Å². The van der Waals surface area contributed by atoms with Gasteiger partial charge in [-0.15, -0.1) is 0 Å². The lowest BCUT2D eigenvalue weighted by Gasteiger charge is -2.13. The van der Waals surface area contributed by atoms with Crippen LogP contribution in [0.2, 0.25) is 0 Å². The van der Waals surface area contributed by atoms with Crippen molar-refractivity contribution >= 4 is 27.6 Å². The molecule has 0 aromatic carbocycles. The molecule has 1 aromatic rings. The van der Waals surface area contributed by atoms with Gasteiger partial charge in [-0.1, -0.05) is 13.3 Å². The number of halogens is 1. The number of carboxylic acids is 1. The number of carboxylic acid groups (broad SMARTS) is 1. The third-order valence-electron chi connectivity index (χ3n) is 2.67. The molecule has 0 aliphatic rings. The zero-order valence-corrected chi connectivity index (χ0v) is 11.6. The van der Waals surface area contributed by atoms with Crippen LogP contribution in [0.15, 0.2) is 10.7 Å². The topological polar surface area (TPSA) is 93.3 Å². The van der Waals surface area contributed by atoms with Crippen molar-refractivity contribution in [2.45, 2.75) is 32.6 Å². The molecule has 0 aliphatic carbocycles. The van der Waals surface area contributed by atoms with E-state index in [4.69, 9.17) is 5.11 Å². The fourth-order valence-electron chi connectivity index (χ4n) is 1.68. The highest BCUT2D eigenvalue weighted by Crippen LogP contribution is 2.33. The fourth-order valence-corrected chi connectivity index (χ4v) is 2.26. The van der Waals surface area contributed by atoms with Crippen molar-refractivity contribution in [1.29, 1.82) is 0 Å². The van der Waals surface area contributed by atoms with E-state index in [1.807, 2.05) is 6.92 Å². The van der Waals surface area contributed by atoms with E-state index in [9.17, 15) is 14.9 Å². The Kier molecular flexibility index (Phi) is 4.77. The summed E-state index contributed by atoms with van der Waals surface area (Å²) in [6.07, 6.45) is 2.25. The molecule has 7 heteroatoms. The van der Waals surface area contributed by atoms with E-state index in [-0.39, 0.29) is 5.69 Å². The number of pyridine rings is 1. The maximum absolute atomic E-state index is 11.2. The largest absolute Gasteiger partial charge is 0.481 e. The minimum Gasteiger partial charge on any atom is -0.481 e. The first kappa shape index (κ1) is 14.6. The van der Waals surface area contributed by atoms with Gasteiger partial charge in [0.05, 0.1) is 16.5 Å². The van der Waals surface area contributed by atoms with Crippen LogP contribution in [0.3, 0.4) is 0 Å². The van der Waals surface area contributed by atoms with Crippen LogP contribution in [0, 0.1) is 17.0 Å². The van der Waals surface area contributed by atoms with Gasteiger partial charge >= 0.3 is 5.97 Å². The van der Waals surface area contributed by atoms with E-state index in [1.165, 1.54) is 0 Å². The van der Waals surface area contributed by atoms with Gasteiger partial charge in [-0.25, -0.2) is 0 Å². The van der Waals surface area contributed by atoms with Crippen molar-refractivity contribution in [2.75, 3.05) is 0 Å². The molecule has 0 radical (unpaired) electrons. The smallest absolute Gasteiger partial charge is 0.312 e. The van der Waals surface area contributed by atoms with Gasteiger partial charge < -0.3 is 5.11 Å². The number of aromatic nitrogens is 1. The van der Waals surface area contributed by atoms with Gasteiger partial charge in [0, 0.05) is 10.0 Å². The number of nitro groups is 1. The Balaban J connectivity index is 3.30. The first-order valence-electron chi connectivity index (χ1n) is 5.42. The zero-order valence-electron chi connectivity index (χ0n) is 10.0. The second-order valence-corrected chi connectivity index (χ2v) is 4.70. The monoisotopic (exact) mass is 316 g/mol. The van der Waals surface area contributed by atoms with Gasteiger partial charge in [0.25, 0.3) is 5.69 Å². The molecule has 0 spiro atoms. The van der Waals surface area contributed by atoms with Crippen LogP contribution in [0.5, 0.6) is 0 Å². The molecule has 18 heavy (non-hydrogen) atoms. The second kappa shape index (κ2) is 5.90. The molecular formula is C11H13BrN2O4. The lowest BCUT2D eigenvalue weighted by molar-refractivity contribution is -0.385. The van der Waals surface area contributed by atoms with Gasteiger partial charge in [-0.3, -0.25) is 19.9 Å². The summed E-state index contributed by atoms with van der Waals surface area (Å²) in [6.45, 7) is 3.44. The normalized spacial score (nSPS) is 12.2. The molecule has 0 saturated carbocycles. The van der Waals surface area contributed by atoms with E-state index in [0.29, 0.717) is 28.6 Å². The number of nitrogens with zero attached hydrogens (tertiary/aromatic N) is 2. The van der Waals surface area contributed by atoms with Gasteiger partial charge in [-0.05, 0) is 29.3 Å². The maximum atomic E-state index is 11.2. The predicted molar refractivity (Wildman–Crippen MR) is 68.6 cm³/mol. The van der Waals surface area contributed by atoms with Crippen LogP contribution >= 0.6 is 15.9 Å². The highest BCUT2D eigenvalue weighted by molar-refractivity contribution is 9.10. The average Bonchev–Trinajstić information content (AvgIpc) is 2.29. The predicted octanol–water partition coefficient (Wildman–Crippen LogP) is 3.03. The Bertz CT molecular complexity index is 490. The van der Waals surface area contributed by atoms with Crippen LogP contribution in [0.1, 0.15) is 36.9 Å². The van der Waals surface area contributed by atoms with Crippen molar-refractivity contribution < 1.29 is 14.8 Å². The van der Waals surface area contributed by atoms with Crippen LogP contribution in [-0.2, 0) is 4.79 Å². The number of rotatable bonds is 5. The molecule has 0 bridgehead atoms. The lowest BCUT2D eigenvalue weighted by atomic mass is 9.98. The molecule has 0 fully saturated rings. The molecule has 1 heterocycles. The molecule has 1 atom stereocenters. The minimum absolute atomic E-state index is 0.119. The molecule has 0 saturated heterocycles. The van der Waals surface area contributed by atoms with Crippen LogP contribution < -0.4 is 0 Å². The summed E-state index contributed by atoms with van der Waals surface area (Å²) in [5.74, 6) is -1.72. The van der Waals surface area contributed by atoms with E-state index < -0.39 is 16.8 Å². The molecule has 98 valence electrons. The first-order chi connectivity index (χ1) is 8.40. The summed E-state index contributed by atoms with van der Waals surface area (Å²) in [7, 11) is 0. The molecule has 1 aromatic heterocycles. The van der Waals surface area contributed by atoms with Crippen molar-refractivity contribution in [3.8, 4) is 0 Å². The molecule has 0 amide bonds. The molecule has 1 rings (SSSR count). The van der Waals surface area contributed by atoms with E-state index in [2.05, 4.69) is 20.9 Å². The first-order valence-corrected chi connectivity index (χ1v) is 6.21. The van der Waals surface area contributed by atoms with Crippen LogP contribution in [0.4, 0.5) is 5.69 Å². The van der Waals surface area contributed by atoms with Crippen LogP contribution in [-0.4, -0.2) is 21.0 Å². The van der Waals surface area contributed by atoms with Crippen LogP contribution in [0.25, 0.3) is 0 Å². The third kappa shape index (κ3) is 2.84. The van der Waals surface area contributed by atoms with Gasteiger partial charge in [-0.2, -0.15) is 0 Å². The highest BCUT2D eigenvalue weighted by Gasteiger charge is 2.26. The quantitative estimate of drug-likeness (QED) is 0.665. The molecule has 0 aliphatic heterocycles. The highest BCUT2D eigenvalue weighted by atomic mass is 79.9. The van der Waals surface area contributed by atoms with Crippen molar-refractivity contribution in [2.24, 2.45) is 0 Å². The van der Waals surface area contributed by atoms with E-state index in [0.717, 1.165) is 6.20 Å². The fraction of sp³-hybridized carbons (Fsp3) is 0.455. The Hall–Kier alpha value is -1.50. The van der Waals surface area contributed by atoms with Crippen molar-refractivity contribution in [1.82, 2.24) is 4.98 Å². The van der Waals surface area contributed by atoms with E-state index in [1.54, 1.807) is 6.92 Å². The van der Waals surface area contributed by atoms with Gasteiger partial charge in [0.15, 0.2) is 0 Å². The maximum Gasteiger partial charge on any atom is 0.312 e. The summed E-state index contributed by atoms with van der Waals surface area (Å²) in [5.41, 5.74) is 0.617. The number of hydrogen-bond donors (Lipinski definition) is 1. The second-order valence-electron chi connectivity index (χ2n) is 3.90. The molecule has 6 nitrogen and oxygen atoms in total. The lowest BCUT2D eigenvalue weighted by Crippen LogP contribution is -2.14. The Morgan fingerprint density at radius 1 is 1.67 bits per heavy atom. The summed E-state index contributed by atoms with van der Waals surface area (Å²) in [6, 6.07) is 0. The molecule has 1 unspecified atom stereocenters. The third-order valence-corrected chi connectivity index (χ3v) is 3.67. The standard InChI is InChI=1S/C11H13BrN2O4/c1-3-4-7(11(15)16)10-9(12)6(2)8(5-13-10)14(17)18/h5,7H,3-4H2,1-2H3,(H,15,16). The zero-order chi connectivity index (χ0) is 13.9. The van der Waals surface area contributed by atoms with E-state index >= 15 is 0 Å². The Labute approximate surface area is 112 Å². The summed E-state index contributed by atoms with van der Waals surface area (Å²) >= 11 is 3.21. The number of carbonyl (C=O) groups is 1. The number of hydrogen-bond acceptors (Lipinski definition) is 4. The van der Waals surface area contributed by atoms with Gasteiger partial charge in [0.1, 0.15) is 6.20 Å². The Morgan fingerprint density at radius 3 is 2.72 bits per heavy atom. The molecule has 1 N–H and O–H groups in total. The Morgan fingerprint density at radius 2 is 2.28 bits per heavy atom. The SMILES string of the molecule is CCCC(C(=O)O)c1ncc([N+](=O)[O-])c(C)c1Br. The average molecular weight is 317 g/mol. The summed E-state index contributed by atoms with van der Waals surface area (Å²) < 4.78 is 0.401. The number of aliphatic carboxylic acids is 1. The summed E-state index contributed by atoms with van der Waals surface area (Å²) in [5, 5.41) is 19.9. The molecular weight excluding hydrogens is 304 g/mol. The van der Waals surface area contributed by atoms with Crippen molar-refractivity contribution in [3.63, 3.8) is 0 Å². The van der Waals surface area contributed by atoms with Gasteiger partial charge in [0.2, 0.25) is 0 Å². The summed E-state index contributed by atoms with van der Waals surface area (Å²) in [4.78, 5) is 25.3.